The van der Waals surface area contributed by atoms with Crippen molar-refractivity contribution < 1.29 is 9.47 Å². The Bertz CT molecular complexity index is 789. The first kappa shape index (κ1) is 23.9. The average Bonchev–Trinajstić information content (AvgIpc) is 2.82. The van der Waals surface area contributed by atoms with Gasteiger partial charge in [-0.25, -0.2) is 0 Å². The molecule has 0 aliphatic carbocycles. The maximum absolute atomic E-state index is 6.08. The molecular weight excluding hydrogens is 410 g/mol. The number of ether oxygens (including phenoxy) is 2. The first-order chi connectivity index (χ1) is 16.2. The minimum Gasteiger partial charge on any atom is -0.493 e. The number of rotatable bonds is 10. The average molecular weight is 452 g/mol. The molecule has 2 unspecified atom stereocenters. The summed E-state index contributed by atoms with van der Waals surface area (Å²) >= 11 is 0. The zero-order valence-corrected chi connectivity index (χ0v) is 20.5. The van der Waals surface area contributed by atoms with Crippen LogP contribution < -0.4 is 14.8 Å². The van der Waals surface area contributed by atoms with Crippen LogP contribution >= 0.6 is 0 Å². The van der Waals surface area contributed by atoms with Crippen LogP contribution in [0.4, 0.5) is 11.4 Å². The third kappa shape index (κ3) is 7.38. The van der Waals surface area contributed by atoms with Crippen molar-refractivity contribution in [2.45, 2.75) is 63.5 Å². The first-order valence-corrected chi connectivity index (χ1v) is 12.8. The standard InChI is InChI=1S/C28H41N3O2/c1-30-17-5-3-11-25(30)15-19-32-27-13-7-9-23(21-27)29-24-10-8-14-28(22-24)33-20-16-26-12-4-6-18-31(26)2/h7-10,13-14,21-22,25-26,29H,3-6,11-12,15-20H2,1-2H3. The van der Waals surface area contributed by atoms with E-state index in [1.807, 2.05) is 24.3 Å². The van der Waals surface area contributed by atoms with Crippen LogP contribution in [0.2, 0.25) is 0 Å². The monoisotopic (exact) mass is 451 g/mol. The Labute approximate surface area is 200 Å². The SMILES string of the molecule is CN1CCCCC1CCOc1cccc(Nc2cccc(OCCC3CCCCN3C)c2)c1. The molecule has 1 N–H and O–H groups in total. The number of hydrogen-bond donors (Lipinski definition) is 1. The lowest BCUT2D eigenvalue weighted by atomic mass is 10.0. The van der Waals surface area contributed by atoms with E-state index >= 15 is 0 Å². The minimum absolute atomic E-state index is 0.654. The fourth-order valence-corrected chi connectivity index (χ4v) is 5.14. The van der Waals surface area contributed by atoms with Crippen molar-refractivity contribution in [2.24, 2.45) is 0 Å². The van der Waals surface area contributed by atoms with E-state index in [-0.39, 0.29) is 0 Å². The summed E-state index contributed by atoms with van der Waals surface area (Å²) in [5.41, 5.74) is 2.06. The molecule has 2 fully saturated rings. The number of hydrogen-bond acceptors (Lipinski definition) is 5. The topological polar surface area (TPSA) is 37.0 Å². The highest BCUT2D eigenvalue weighted by atomic mass is 16.5. The van der Waals surface area contributed by atoms with Gasteiger partial charge in [-0.05, 0) is 90.0 Å². The molecule has 2 aliphatic rings. The number of likely N-dealkylation sites (tertiary alicyclic amines) is 2. The van der Waals surface area contributed by atoms with Crippen LogP contribution in [-0.2, 0) is 0 Å². The van der Waals surface area contributed by atoms with Crippen LogP contribution in [0, 0.1) is 0 Å². The molecule has 0 aromatic heterocycles. The van der Waals surface area contributed by atoms with Crippen LogP contribution in [0.3, 0.4) is 0 Å². The molecule has 2 aliphatic heterocycles. The van der Waals surface area contributed by atoms with Gasteiger partial charge in [0.25, 0.3) is 0 Å². The van der Waals surface area contributed by atoms with Crippen LogP contribution in [-0.4, -0.2) is 62.3 Å². The number of nitrogens with one attached hydrogen (secondary N) is 1. The summed E-state index contributed by atoms with van der Waals surface area (Å²) < 4.78 is 12.2. The normalized spacial score (nSPS) is 22.1. The quantitative estimate of drug-likeness (QED) is 0.484. The van der Waals surface area contributed by atoms with E-state index in [9.17, 15) is 0 Å². The fourth-order valence-electron chi connectivity index (χ4n) is 5.14. The molecule has 5 nitrogen and oxygen atoms in total. The summed E-state index contributed by atoms with van der Waals surface area (Å²) in [6, 6.07) is 17.8. The third-order valence-electron chi connectivity index (χ3n) is 7.24. The second-order valence-electron chi connectivity index (χ2n) is 9.72. The molecule has 5 heteroatoms. The summed E-state index contributed by atoms with van der Waals surface area (Å²) in [5.74, 6) is 1.84. The van der Waals surface area contributed by atoms with Crippen LogP contribution in [0.5, 0.6) is 11.5 Å². The number of piperidine rings is 2. The predicted octanol–water partition coefficient (Wildman–Crippen LogP) is 5.94. The van der Waals surface area contributed by atoms with Crippen molar-refractivity contribution in [3.8, 4) is 11.5 Å². The van der Waals surface area contributed by atoms with Gasteiger partial charge in [0.05, 0.1) is 13.2 Å². The van der Waals surface area contributed by atoms with Crippen LogP contribution in [0.25, 0.3) is 0 Å². The highest BCUT2D eigenvalue weighted by Gasteiger charge is 2.19. The lowest BCUT2D eigenvalue weighted by Crippen LogP contribution is -2.37. The highest BCUT2D eigenvalue weighted by molar-refractivity contribution is 5.62. The van der Waals surface area contributed by atoms with Gasteiger partial charge in [-0.1, -0.05) is 25.0 Å². The molecule has 0 saturated carbocycles. The van der Waals surface area contributed by atoms with Crippen molar-refractivity contribution in [1.29, 1.82) is 0 Å². The molecule has 2 atom stereocenters. The Kier molecular flexibility index (Phi) is 8.90. The lowest BCUT2D eigenvalue weighted by molar-refractivity contribution is 0.153. The molecule has 4 rings (SSSR count). The van der Waals surface area contributed by atoms with Gasteiger partial charge in [-0.15, -0.1) is 0 Å². The van der Waals surface area contributed by atoms with Gasteiger partial charge in [-0.3, -0.25) is 0 Å². The summed E-state index contributed by atoms with van der Waals surface area (Å²) in [7, 11) is 4.47. The van der Waals surface area contributed by atoms with Crippen molar-refractivity contribution in [1.82, 2.24) is 9.80 Å². The molecule has 2 heterocycles. The van der Waals surface area contributed by atoms with Crippen molar-refractivity contribution in [2.75, 3.05) is 45.7 Å². The first-order valence-electron chi connectivity index (χ1n) is 12.8. The van der Waals surface area contributed by atoms with Gasteiger partial charge in [0, 0.05) is 35.6 Å². The summed E-state index contributed by atoms with van der Waals surface area (Å²) in [6.45, 7) is 3.95. The minimum atomic E-state index is 0.654. The van der Waals surface area contributed by atoms with Gasteiger partial charge in [0.1, 0.15) is 11.5 Å². The molecule has 0 amide bonds. The van der Waals surface area contributed by atoms with Gasteiger partial charge in [0.15, 0.2) is 0 Å². The smallest absolute Gasteiger partial charge is 0.121 e. The predicted molar refractivity (Wildman–Crippen MR) is 137 cm³/mol. The van der Waals surface area contributed by atoms with E-state index in [4.69, 9.17) is 9.47 Å². The Hall–Kier alpha value is -2.24. The second-order valence-corrected chi connectivity index (χ2v) is 9.72. The maximum atomic E-state index is 6.08. The van der Waals surface area contributed by atoms with Crippen LogP contribution in [0.1, 0.15) is 51.4 Å². The highest BCUT2D eigenvalue weighted by Crippen LogP contribution is 2.26. The van der Waals surface area contributed by atoms with Crippen LogP contribution in [0.15, 0.2) is 48.5 Å². The summed E-state index contributed by atoms with van der Waals surface area (Å²) in [6.07, 6.45) is 10.1. The van der Waals surface area contributed by atoms with E-state index in [0.29, 0.717) is 12.1 Å². The Morgan fingerprint density at radius 1 is 0.727 bits per heavy atom. The van der Waals surface area contributed by atoms with Gasteiger partial charge in [-0.2, -0.15) is 0 Å². The summed E-state index contributed by atoms with van der Waals surface area (Å²) in [4.78, 5) is 4.96. The third-order valence-corrected chi connectivity index (χ3v) is 7.24. The molecule has 2 aromatic rings. The molecule has 2 saturated heterocycles. The van der Waals surface area contributed by atoms with Gasteiger partial charge < -0.3 is 24.6 Å². The Balaban J connectivity index is 1.24. The number of benzene rings is 2. The lowest BCUT2D eigenvalue weighted by Gasteiger charge is -2.32. The van der Waals surface area contributed by atoms with E-state index in [0.717, 1.165) is 48.9 Å². The molecule has 33 heavy (non-hydrogen) atoms. The Morgan fingerprint density at radius 2 is 1.21 bits per heavy atom. The molecule has 0 radical (unpaired) electrons. The molecule has 0 spiro atoms. The zero-order chi connectivity index (χ0) is 22.9. The number of nitrogens with zero attached hydrogens (tertiary/aromatic N) is 2. The van der Waals surface area contributed by atoms with E-state index in [2.05, 4.69) is 53.5 Å². The fraction of sp³-hybridized carbons (Fsp3) is 0.571. The van der Waals surface area contributed by atoms with Crippen molar-refractivity contribution in [3.63, 3.8) is 0 Å². The van der Waals surface area contributed by atoms with E-state index in [1.165, 1.54) is 51.6 Å². The molecule has 2 aromatic carbocycles. The van der Waals surface area contributed by atoms with Crippen molar-refractivity contribution >= 4 is 11.4 Å². The van der Waals surface area contributed by atoms with E-state index < -0.39 is 0 Å². The van der Waals surface area contributed by atoms with Crippen molar-refractivity contribution in [3.05, 3.63) is 48.5 Å². The Morgan fingerprint density at radius 3 is 1.67 bits per heavy atom. The van der Waals surface area contributed by atoms with Gasteiger partial charge in [0.2, 0.25) is 0 Å². The number of anilines is 2. The largest absolute Gasteiger partial charge is 0.493 e. The summed E-state index contributed by atoms with van der Waals surface area (Å²) in [5, 5.41) is 3.50. The zero-order valence-electron chi connectivity index (χ0n) is 20.5. The van der Waals surface area contributed by atoms with E-state index in [1.54, 1.807) is 0 Å². The maximum Gasteiger partial charge on any atom is 0.121 e. The molecule has 180 valence electrons. The second kappa shape index (κ2) is 12.3. The molecule has 0 bridgehead atoms. The van der Waals surface area contributed by atoms with Gasteiger partial charge >= 0.3 is 0 Å². The molecular formula is C28H41N3O2.